The lowest BCUT2D eigenvalue weighted by Crippen LogP contribution is -1.95. The summed E-state index contributed by atoms with van der Waals surface area (Å²) in [5, 5.41) is 0.633. The summed E-state index contributed by atoms with van der Waals surface area (Å²) in [6.45, 7) is 0. The Hall–Kier alpha value is -1.69. The van der Waals surface area contributed by atoms with Crippen LogP contribution >= 0.6 is 10.5 Å². The summed E-state index contributed by atoms with van der Waals surface area (Å²) in [5.74, 6) is -1.46. The Balaban J connectivity index is 2.59. The molecule has 0 amide bonds. The van der Waals surface area contributed by atoms with Gasteiger partial charge in [-0.3, -0.25) is 0 Å². The van der Waals surface area contributed by atoms with E-state index in [1.807, 2.05) is 0 Å². The molecule has 0 N–H and O–H groups in total. The van der Waals surface area contributed by atoms with Crippen LogP contribution in [0.1, 0.15) is 0 Å². The van der Waals surface area contributed by atoms with Crippen molar-refractivity contribution in [3.63, 3.8) is 0 Å². The summed E-state index contributed by atoms with van der Waals surface area (Å²) in [4.78, 5) is 0. The smallest absolute Gasteiger partial charge is 0.207 e. The van der Waals surface area contributed by atoms with Gasteiger partial charge in [-0.15, -0.1) is 13.2 Å². The minimum Gasteiger partial charge on any atom is -0.207 e. The van der Waals surface area contributed by atoms with Crippen molar-refractivity contribution in [3.8, 4) is 0 Å². The van der Waals surface area contributed by atoms with Gasteiger partial charge in [-0.1, -0.05) is 0 Å². The first-order chi connectivity index (χ1) is 8.88. The second-order valence-electron chi connectivity index (χ2n) is 4.03. The molecule has 0 aliphatic rings. The second-order valence-corrected chi connectivity index (χ2v) is 5.99. The maximum absolute atomic E-state index is 13.2. The molecular formula is C13H6F5S+. The van der Waals surface area contributed by atoms with Crippen molar-refractivity contribution < 1.29 is 22.0 Å². The van der Waals surface area contributed by atoms with E-state index < -0.39 is 27.6 Å². The van der Waals surface area contributed by atoms with Crippen LogP contribution in [0.25, 0.3) is 20.2 Å². The Kier molecular flexibility index (Phi) is 2.53. The second kappa shape index (κ2) is 3.90. The van der Waals surface area contributed by atoms with Crippen molar-refractivity contribution in [1.82, 2.24) is 0 Å². The lowest BCUT2D eigenvalue weighted by atomic mass is 10.1. The number of thiophene rings is 1. The number of benzene rings is 2. The van der Waals surface area contributed by atoms with E-state index in [1.165, 1.54) is 12.1 Å². The van der Waals surface area contributed by atoms with Crippen molar-refractivity contribution in [3.05, 3.63) is 48.0 Å². The van der Waals surface area contributed by atoms with E-state index in [0.29, 0.717) is 10.8 Å². The maximum atomic E-state index is 13.2. The molecule has 3 aromatic rings. The fourth-order valence-corrected chi connectivity index (χ4v) is 4.14. The first-order valence-corrected chi connectivity index (χ1v) is 6.51. The fourth-order valence-electron chi connectivity index (χ4n) is 2.14. The number of fused-ring (bicyclic) bond motifs is 3. The van der Waals surface area contributed by atoms with Crippen molar-refractivity contribution >= 4 is 30.6 Å². The highest BCUT2D eigenvalue weighted by Crippen LogP contribution is 2.54. The Morgan fingerprint density at radius 3 is 1.53 bits per heavy atom. The molecule has 1 heterocycles. The van der Waals surface area contributed by atoms with Crippen molar-refractivity contribution in [1.29, 1.82) is 0 Å². The SMILES string of the molecule is Fc1ccc2c3ccc(F)cc3[s+](C(F)(F)F)c2c1. The highest BCUT2D eigenvalue weighted by molar-refractivity contribution is 7.43. The molecule has 98 valence electrons. The van der Waals surface area contributed by atoms with Crippen LogP contribution in [0.4, 0.5) is 22.0 Å². The van der Waals surface area contributed by atoms with Crippen LogP contribution in [-0.2, 0) is 5.51 Å². The molecule has 0 bridgehead atoms. The van der Waals surface area contributed by atoms with Gasteiger partial charge in [0.25, 0.3) is 0 Å². The average molecular weight is 289 g/mol. The number of hydrogen-bond donors (Lipinski definition) is 0. The summed E-state index contributed by atoms with van der Waals surface area (Å²) < 4.78 is 65.6. The molecule has 0 saturated carbocycles. The predicted octanol–water partition coefficient (Wildman–Crippen LogP) is 5.50. The van der Waals surface area contributed by atoms with Gasteiger partial charge in [0, 0.05) is 22.9 Å². The monoisotopic (exact) mass is 289 g/mol. The molecule has 3 rings (SSSR count). The van der Waals surface area contributed by atoms with E-state index in [2.05, 4.69) is 0 Å². The first-order valence-electron chi connectivity index (χ1n) is 5.28. The van der Waals surface area contributed by atoms with Gasteiger partial charge >= 0.3 is 5.51 Å². The summed E-state index contributed by atoms with van der Waals surface area (Å²) in [5.41, 5.74) is -4.55. The van der Waals surface area contributed by atoms with Gasteiger partial charge in [-0.05, 0) is 24.3 Å². The average Bonchev–Trinajstić information content (AvgIpc) is 2.60. The van der Waals surface area contributed by atoms with Crippen LogP contribution < -0.4 is 0 Å². The zero-order valence-corrected chi connectivity index (χ0v) is 10.1. The Morgan fingerprint density at radius 2 is 1.16 bits per heavy atom. The topological polar surface area (TPSA) is 0 Å². The number of alkyl halides is 3. The normalized spacial score (nSPS) is 12.5. The number of halogens is 5. The standard InChI is InChI=1S/C13H6F5S/c14-7-1-3-9-10-4-2-8(15)6-12(10)19(11(9)5-7)13(16,17)18/h1-6H/q+1. The van der Waals surface area contributed by atoms with E-state index in [4.69, 9.17) is 0 Å². The Morgan fingerprint density at radius 1 is 0.737 bits per heavy atom. The molecular weight excluding hydrogens is 283 g/mol. The number of hydrogen-bond acceptors (Lipinski definition) is 0. The third-order valence-electron chi connectivity index (χ3n) is 2.85. The molecule has 6 heteroatoms. The van der Waals surface area contributed by atoms with Gasteiger partial charge in [0.2, 0.25) is 0 Å². The predicted molar refractivity (Wildman–Crippen MR) is 65.1 cm³/mol. The third-order valence-corrected chi connectivity index (χ3v) is 4.87. The molecule has 0 nitrogen and oxygen atoms in total. The van der Waals surface area contributed by atoms with Crippen molar-refractivity contribution in [2.24, 2.45) is 0 Å². The van der Waals surface area contributed by atoms with Gasteiger partial charge in [0.15, 0.2) is 9.40 Å². The van der Waals surface area contributed by atoms with Crippen LogP contribution in [0.5, 0.6) is 0 Å². The summed E-state index contributed by atoms with van der Waals surface area (Å²) >= 11 is 0. The van der Waals surface area contributed by atoms with Crippen molar-refractivity contribution in [2.75, 3.05) is 0 Å². The molecule has 0 aliphatic carbocycles. The van der Waals surface area contributed by atoms with E-state index in [1.54, 1.807) is 0 Å². The maximum Gasteiger partial charge on any atom is 0.601 e. The molecule has 0 spiro atoms. The quantitative estimate of drug-likeness (QED) is 0.379. The van der Waals surface area contributed by atoms with Crippen LogP contribution in [0.2, 0.25) is 0 Å². The number of rotatable bonds is 0. The first kappa shape index (κ1) is 12.3. The van der Waals surface area contributed by atoms with Crippen LogP contribution in [0.15, 0.2) is 36.4 Å². The molecule has 0 radical (unpaired) electrons. The molecule has 0 fully saturated rings. The lowest BCUT2D eigenvalue weighted by molar-refractivity contribution is -0.0862. The van der Waals surface area contributed by atoms with E-state index in [0.717, 1.165) is 24.3 Å². The fraction of sp³-hybridized carbons (Fsp3) is 0.0769. The zero-order valence-electron chi connectivity index (χ0n) is 9.26. The molecule has 0 saturated heterocycles. The Labute approximate surface area is 107 Å². The van der Waals surface area contributed by atoms with E-state index >= 15 is 0 Å². The van der Waals surface area contributed by atoms with Crippen LogP contribution in [-0.4, -0.2) is 0 Å². The minimum atomic E-state index is -4.55. The van der Waals surface area contributed by atoms with Gasteiger partial charge in [-0.2, -0.15) is 0 Å². The summed E-state index contributed by atoms with van der Waals surface area (Å²) in [6.07, 6.45) is 0. The highest BCUT2D eigenvalue weighted by Gasteiger charge is 2.47. The van der Waals surface area contributed by atoms with Gasteiger partial charge in [-0.25, -0.2) is 8.78 Å². The Bertz CT molecular complexity index is 726. The van der Waals surface area contributed by atoms with Crippen LogP contribution in [0, 0.1) is 11.6 Å². The van der Waals surface area contributed by atoms with E-state index in [-0.39, 0.29) is 9.40 Å². The van der Waals surface area contributed by atoms with Crippen LogP contribution in [0.3, 0.4) is 0 Å². The molecule has 0 unspecified atom stereocenters. The van der Waals surface area contributed by atoms with Gasteiger partial charge < -0.3 is 0 Å². The van der Waals surface area contributed by atoms with Gasteiger partial charge in [0.05, 0.1) is 0 Å². The molecule has 1 aromatic heterocycles. The zero-order chi connectivity index (χ0) is 13.8. The summed E-state index contributed by atoms with van der Waals surface area (Å²) in [6, 6.07) is 6.58. The lowest BCUT2D eigenvalue weighted by Gasteiger charge is -1.96. The molecule has 19 heavy (non-hydrogen) atoms. The molecule has 0 aliphatic heterocycles. The molecule has 2 aromatic carbocycles. The summed E-state index contributed by atoms with van der Waals surface area (Å²) in [7, 11) is -2.30. The van der Waals surface area contributed by atoms with Gasteiger partial charge in [0.1, 0.15) is 22.1 Å². The largest absolute Gasteiger partial charge is 0.601 e. The van der Waals surface area contributed by atoms with Crippen molar-refractivity contribution in [2.45, 2.75) is 5.51 Å². The third kappa shape index (κ3) is 1.87. The highest BCUT2D eigenvalue weighted by atomic mass is 32.2. The minimum absolute atomic E-state index is 0.131. The molecule has 0 atom stereocenters. The van der Waals surface area contributed by atoms with E-state index in [9.17, 15) is 22.0 Å².